The molecule has 0 aromatic carbocycles. The molecule has 3 nitrogen and oxygen atoms in total. The quantitative estimate of drug-likeness (QED) is 0.574. The van der Waals surface area contributed by atoms with Crippen LogP contribution in [0.2, 0.25) is 0 Å². The summed E-state index contributed by atoms with van der Waals surface area (Å²) in [6.45, 7) is 4.76. The van der Waals surface area contributed by atoms with Gasteiger partial charge in [-0.25, -0.2) is 0 Å². The fourth-order valence-corrected chi connectivity index (χ4v) is 7.14. The van der Waals surface area contributed by atoms with Gasteiger partial charge >= 0.3 is 7.60 Å². The second-order valence-electron chi connectivity index (χ2n) is 7.52. The minimum Gasteiger partial charge on any atom is -0.309 e. The largest absolute Gasteiger partial charge is 0.330 e. The smallest absolute Gasteiger partial charge is 0.309 e. The number of rotatable bonds is 8. The van der Waals surface area contributed by atoms with E-state index in [4.69, 9.17) is 9.05 Å². The monoisotopic (exact) mass is 314 g/mol. The van der Waals surface area contributed by atoms with Gasteiger partial charge < -0.3 is 9.05 Å². The van der Waals surface area contributed by atoms with Gasteiger partial charge in [-0.2, -0.15) is 0 Å². The molecule has 0 amide bonds. The maximum absolute atomic E-state index is 13.1. The number of hydrogen-bond acceptors (Lipinski definition) is 3. The van der Waals surface area contributed by atoms with Crippen LogP contribution in [0, 0.1) is 23.7 Å². The second kappa shape index (κ2) is 6.72. The first kappa shape index (κ1) is 16.0. The van der Waals surface area contributed by atoms with Crippen molar-refractivity contribution in [1.82, 2.24) is 0 Å². The molecule has 21 heavy (non-hydrogen) atoms. The van der Waals surface area contributed by atoms with E-state index in [0.717, 1.165) is 31.1 Å². The molecule has 4 heteroatoms. The summed E-state index contributed by atoms with van der Waals surface area (Å²) in [5, 5.41) is 0. The third-order valence-corrected chi connectivity index (χ3v) is 7.70. The van der Waals surface area contributed by atoms with Gasteiger partial charge in [0.05, 0.1) is 18.9 Å². The van der Waals surface area contributed by atoms with Gasteiger partial charge in [-0.15, -0.1) is 0 Å². The molecule has 4 saturated carbocycles. The van der Waals surface area contributed by atoms with Crippen LogP contribution >= 0.6 is 7.60 Å². The first-order valence-electron chi connectivity index (χ1n) is 9.05. The SMILES string of the molecule is CCCCP(=O)(OCCC)OC1C2CC3CC(C2)CC1C3. The Bertz CT molecular complexity index is 355. The van der Waals surface area contributed by atoms with Gasteiger partial charge in [0.25, 0.3) is 0 Å². The lowest BCUT2D eigenvalue weighted by molar-refractivity contribution is -0.0839. The molecule has 122 valence electrons. The molecule has 1 unspecified atom stereocenters. The minimum atomic E-state index is -2.88. The molecular weight excluding hydrogens is 283 g/mol. The molecule has 4 bridgehead atoms. The van der Waals surface area contributed by atoms with Crippen molar-refractivity contribution in [1.29, 1.82) is 0 Å². The normalized spacial score (nSPS) is 40.4. The van der Waals surface area contributed by atoms with Crippen molar-refractivity contribution in [3.8, 4) is 0 Å². The van der Waals surface area contributed by atoms with E-state index in [9.17, 15) is 4.57 Å². The van der Waals surface area contributed by atoms with Crippen LogP contribution in [0.1, 0.15) is 65.2 Å². The van der Waals surface area contributed by atoms with Crippen molar-refractivity contribution < 1.29 is 13.6 Å². The summed E-state index contributed by atoms with van der Waals surface area (Å²) in [5.41, 5.74) is 0. The van der Waals surface area contributed by atoms with Gasteiger partial charge in [0.2, 0.25) is 0 Å². The van der Waals surface area contributed by atoms with Crippen LogP contribution in [0.5, 0.6) is 0 Å². The van der Waals surface area contributed by atoms with Crippen molar-refractivity contribution in [2.45, 2.75) is 71.3 Å². The molecule has 0 aromatic rings. The maximum atomic E-state index is 13.1. The van der Waals surface area contributed by atoms with Crippen LogP contribution in [0.4, 0.5) is 0 Å². The molecule has 4 aliphatic rings. The van der Waals surface area contributed by atoms with Gasteiger partial charge in [-0.1, -0.05) is 20.3 Å². The van der Waals surface area contributed by atoms with E-state index in [-0.39, 0.29) is 6.10 Å². The van der Waals surface area contributed by atoms with Crippen LogP contribution in [-0.4, -0.2) is 18.9 Å². The van der Waals surface area contributed by atoms with Crippen LogP contribution in [0.25, 0.3) is 0 Å². The number of unbranched alkanes of at least 4 members (excludes halogenated alkanes) is 1. The Labute approximate surface area is 129 Å². The Morgan fingerprint density at radius 1 is 0.952 bits per heavy atom. The third-order valence-electron chi connectivity index (χ3n) is 5.70. The van der Waals surface area contributed by atoms with E-state index in [2.05, 4.69) is 13.8 Å². The zero-order valence-corrected chi connectivity index (χ0v) is 14.5. The molecule has 4 rings (SSSR count). The topological polar surface area (TPSA) is 35.5 Å². The summed E-state index contributed by atoms with van der Waals surface area (Å²) in [6.07, 6.45) is 10.4. The molecule has 0 radical (unpaired) electrons. The Morgan fingerprint density at radius 3 is 2.10 bits per heavy atom. The molecule has 0 saturated heterocycles. The van der Waals surface area contributed by atoms with E-state index < -0.39 is 7.60 Å². The van der Waals surface area contributed by atoms with E-state index in [1.54, 1.807) is 0 Å². The van der Waals surface area contributed by atoms with Gasteiger partial charge in [-0.05, 0) is 68.6 Å². The molecule has 0 aromatic heterocycles. The van der Waals surface area contributed by atoms with Gasteiger partial charge in [0.1, 0.15) is 0 Å². The summed E-state index contributed by atoms with van der Waals surface area (Å²) >= 11 is 0. The fourth-order valence-electron chi connectivity index (χ4n) is 4.96. The lowest BCUT2D eigenvalue weighted by atomic mass is 9.55. The van der Waals surface area contributed by atoms with Gasteiger partial charge in [0, 0.05) is 0 Å². The maximum Gasteiger partial charge on any atom is 0.330 e. The average molecular weight is 314 g/mol. The second-order valence-corrected chi connectivity index (χ2v) is 9.66. The van der Waals surface area contributed by atoms with Crippen LogP contribution in [0.15, 0.2) is 0 Å². The Balaban J connectivity index is 1.66. The molecular formula is C17H31O3P. The van der Waals surface area contributed by atoms with Crippen molar-refractivity contribution in [3.05, 3.63) is 0 Å². The summed E-state index contributed by atoms with van der Waals surface area (Å²) in [7, 11) is -2.88. The molecule has 0 aliphatic heterocycles. The highest BCUT2D eigenvalue weighted by atomic mass is 31.2. The van der Waals surface area contributed by atoms with Crippen LogP contribution in [-0.2, 0) is 13.6 Å². The minimum absolute atomic E-state index is 0.220. The van der Waals surface area contributed by atoms with Gasteiger partial charge in [-0.3, -0.25) is 4.57 Å². The van der Waals surface area contributed by atoms with Gasteiger partial charge in [0.15, 0.2) is 0 Å². The number of hydrogen-bond donors (Lipinski definition) is 0. The first-order chi connectivity index (χ1) is 10.1. The molecule has 0 heterocycles. The molecule has 0 N–H and O–H groups in total. The Hall–Kier alpha value is 0.150. The first-order valence-corrected chi connectivity index (χ1v) is 10.8. The summed E-state index contributed by atoms with van der Waals surface area (Å²) in [5.74, 6) is 3.17. The molecule has 4 aliphatic carbocycles. The highest BCUT2D eigenvalue weighted by Crippen LogP contribution is 2.60. The predicted molar refractivity (Wildman–Crippen MR) is 85.5 cm³/mol. The Morgan fingerprint density at radius 2 is 1.57 bits per heavy atom. The van der Waals surface area contributed by atoms with Crippen molar-refractivity contribution in [2.24, 2.45) is 23.7 Å². The Kier molecular flexibility index (Phi) is 5.13. The lowest BCUT2D eigenvalue weighted by Crippen LogP contribution is -2.49. The predicted octanol–water partition coefficient (Wildman–Crippen LogP) is 5.25. The third kappa shape index (κ3) is 3.57. The summed E-state index contributed by atoms with van der Waals surface area (Å²) in [6, 6.07) is 0. The molecule has 0 spiro atoms. The standard InChI is InChI=1S/C17H31O3P/c1-3-5-7-21(18,19-6-4-2)20-17-15-9-13-8-14(11-15)12-16(17)10-13/h13-17H,3-12H2,1-2H3. The van der Waals surface area contributed by atoms with E-state index in [1.165, 1.54) is 32.1 Å². The van der Waals surface area contributed by atoms with Crippen molar-refractivity contribution >= 4 is 7.60 Å². The summed E-state index contributed by atoms with van der Waals surface area (Å²) in [4.78, 5) is 0. The van der Waals surface area contributed by atoms with Crippen LogP contribution < -0.4 is 0 Å². The van der Waals surface area contributed by atoms with E-state index >= 15 is 0 Å². The fraction of sp³-hybridized carbons (Fsp3) is 1.00. The highest BCUT2D eigenvalue weighted by Gasteiger charge is 2.50. The molecule has 4 fully saturated rings. The van der Waals surface area contributed by atoms with E-state index in [0.29, 0.717) is 24.6 Å². The molecule has 1 atom stereocenters. The van der Waals surface area contributed by atoms with Crippen molar-refractivity contribution in [3.63, 3.8) is 0 Å². The zero-order chi connectivity index (χ0) is 14.9. The highest BCUT2D eigenvalue weighted by molar-refractivity contribution is 7.53. The van der Waals surface area contributed by atoms with Crippen LogP contribution in [0.3, 0.4) is 0 Å². The average Bonchev–Trinajstić information content (AvgIpc) is 2.46. The zero-order valence-electron chi connectivity index (χ0n) is 13.6. The summed E-state index contributed by atoms with van der Waals surface area (Å²) < 4.78 is 25.1. The lowest BCUT2D eigenvalue weighted by Gasteiger charge is -2.54. The van der Waals surface area contributed by atoms with E-state index in [1.807, 2.05) is 0 Å². The van der Waals surface area contributed by atoms with Crippen molar-refractivity contribution in [2.75, 3.05) is 12.8 Å².